The predicted octanol–water partition coefficient (Wildman–Crippen LogP) is 6.35. The van der Waals surface area contributed by atoms with Crippen LogP contribution in [0, 0.1) is 25.7 Å². The molecule has 3 aromatic carbocycles. The van der Waals surface area contributed by atoms with Crippen molar-refractivity contribution in [2.75, 3.05) is 38.0 Å². The van der Waals surface area contributed by atoms with Crippen LogP contribution < -0.4 is 37.1 Å². The molecule has 33 heteroatoms. The number of hydrogen-bond donors (Lipinski definition) is 8. The quantitative estimate of drug-likeness (QED) is 0.00311. The zero-order chi connectivity index (χ0) is 60.9. The van der Waals surface area contributed by atoms with E-state index >= 15 is 0 Å². The maximum Gasteiger partial charge on any atom is 0.490 e. The Morgan fingerprint density at radius 3 is 2.47 bits per heavy atom. The van der Waals surface area contributed by atoms with Gasteiger partial charge in [-0.15, -0.1) is 0 Å². The third kappa shape index (κ3) is 19.0. The van der Waals surface area contributed by atoms with Crippen molar-refractivity contribution in [3.05, 3.63) is 135 Å². The van der Waals surface area contributed by atoms with Crippen molar-refractivity contribution in [2.45, 2.75) is 97.6 Å². The molecule has 3 heterocycles. The summed E-state index contributed by atoms with van der Waals surface area (Å²) in [5.74, 6) is 2.08. The van der Waals surface area contributed by atoms with E-state index < -0.39 is 84.0 Å². The number of amides is 2. The fraction of sp³-hybridized carbons (Fsp3) is 0.420. The monoisotopic (exact) mass is 1250 g/mol. The summed E-state index contributed by atoms with van der Waals surface area (Å²) in [4.78, 5) is 106. The van der Waals surface area contributed by atoms with E-state index in [4.69, 9.17) is 34.3 Å². The second-order valence-corrected chi connectivity index (χ2v) is 25.4. The number of benzene rings is 3. The van der Waals surface area contributed by atoms with Gasteiger partial charge >= 0.3 is 35.1 Å². The van der Waals surface area contributed by atoms with E-state index in [-0.39, 0.29) is 48.1 Å². The number of carbonyl (C=O) groups is 3. The summed E-state index contributed by atoms with van der Waals surface area (Å²) in [5.41, 5.74) is 11.7. The molecular formula is C50H59FN7O20P3S2. The van der Waals surface area contributed by atoms with Gasteiger partial charge in [-0.05, 0) is 114 Å². The smallest absolute Gasteiger partial charge is 0.478 e. The van der Waals surface area contributed by atoms with Crippen LogP contribution in [0.1, 0.15) is 113 Å². The molecule has 448 valence electrons. The molecule has 6 atom stereocenters. The molecule has 3 unspecified atom stereocenters. The molecule has 0 aliphatic carbocycles. The number of halogens is 1. The molecule has 83 heavy (non-hydrogen) atoms. The van der Waals surface area contributed by atoms with E-state index in [0.717, 1.165) is 62.7 Å². The largest absolute Gasteiger partial charge is 0.490 e. The molecule has 8 N–H and O–H groups in total. The first kappa shape index (κ1) is 66.2. The highest BCUT2D eigenvalue weighted by atomic mass is 33.1. The van der Waals surface area contributed by atoms with Crippen LogP contribution in [0.15, 0.2) is 63.4 Å². The summed E-state index contributed by atoms with van der Waals surface area (Å²) in [6, 6.07) is 12.6. The van der Waals surface area contributed by atoms with Gasteiger partial charge in [0.05, 0.1) is 24.8 Å². The number of alkyl halides is 1. The first-order valence-corrected chi connectivity index (χ1v) is 32.3. The number of azide groups is 1. The number of aromatic nitrogens is 2. The first-order valence-electron chi connectivity index (χ1n) is 25.3. The zero-order valence-corrected chi connectivity index (χ0v) is 49.4. The van der Waals surface area contributed by atoms with Crippen LogP contribution in [0.25, 0.3) is 22.1 Å². The SMILES string of the molecule is CC/C=c1/cc2c(cc1C)=C(c1cc(C(=O)NCCSSCOCCCC(=O)NCC#Cc3cn([C@H]4CC(O[C@](C)(F)N=[N+]=[N-])[C@@H](COP(=O)(O)OP(=O)(O)OP(=O)(O)O)O4)c(=O)[nH]c3=O)ccc1C(=O)O)c1cc(C)c(CCC)cc1O2. The van der Waals surface area contributed by atoms with Crippen molar-refractivity contribution in [2.24, 2.45) is 5.11 Å². The van der Waals surface area contributed by atoms with Crippen LogP contribution >= 0.6 is 45.1 Å². The van der Waals surface area contributed by atoms with Gasteiger partial charge in [-0.25, -0.2) is 27.7 Å². The molecule has 1 fully saturated rings. The van der Waals surface area contributed by atoms with E-state index in [1.54, 1.807) is 6.07 Å². The Bertz CT molecular complexity index is 3640. The van der Waals surface area contributed by atoms with Gasteiger partial charge in [-0.2, -0.15) is 8.62 Å². The molecule has 4 aromatic rings. The van der Waals surface area contributed by atoms with Crippen LogP contribution in [0.3, 0.4) is 0 Å². The number of carboxylic acids is 1. The van der Waals surface area contributed by atoms with Gasteiger partial charge in [-0.3, -0.25) is 28.5 Å². The van der Waals surface area contributed by atoms with E-state index in [2.05, 4.69) is 65.6 Å². The number of H-pyrrole nitrogens is 1. The summed E-state index contributed by atoms with van der Waals surface area (Å²) in [6.07, 6.45) is 0.816. The van der Waals surface area contributed by atoms with Crippen LogP contribution in [0.5, 0.6) is 11.5 Å². The van der Waals surface area contributed by atoms with Crippen molar-refractivity contribution >= 4 is 74.5 Å². The topological polar surface area (TPSA) is 396 Å². The Morgan fingerprint density at radius 2 is 1.77 bits per heavy atom. The Kier molecular flexibility index (Phi) is 23.3. The molecule has 2 aliphatic rings. The Hall–Kier alpha value is -5.92. The lowest BCUT2D eigenvalue weighted by Gasteiger charge is -2.24. The molecule has 1 aromatic heterocycles. The standard InChI is InChI=1S/C50H59FN7O20P3S2/c1-6-10-31-23-39-37(20-29(31)3)45(38-21-30(4)32(11-7-2)24-40(38)74-39)36-22-33(14-15-35(36)48(62)63)46(60)54-17-19-82-83-28-72-18-9-13-43(59)53-16-8-12-34-26-58(49(64)55-47(34)61)44-25-41(76-50(5,51)56-57-52)42(75-44)27-73-80(68,69)78-81(70,71)77-79(65,66)67/h10,14-15,20-24,26,41-42,44H,6-7,9,11,13,16-19,25,27-28H2,1-5H3,(H,53,59)(H,54,60)(H,62,63)(H,68,69)(H,70,71)(H,55,61,64)(H2,65,66,67)/b31-10-/t41?,42-,44-,50-/m1/s1. The van der Waals surface area contributed by atoms with Crippen molar-refractivity contribution in [1.82, 2.24) is 20.2 Å². The third-order valence-corrected chi connectivity index (χ3v) is 18.0. The van der Waals surface area contributed by atoms with Crippen LogP contribution in [0.4, 0.5) is 4.39 Å². The van der Waals surface area contributed by atoms with Gasteiger partial charge in [0.2, 0.25) is 5.91 Å². The van der Waals surface area contributed by atoms with Crippen molar-refractivity contribution < 1.29 is 89.2 Å². The van der Waals surface area contributed by atoms with Crippen molar-refractivity contribution in [3.63, 3.8) is 0 Å². The fourth-order valence-corrected chi connectivity index (χ4v) is 13.2. The lowest BCUT2D eigenvalue weighted by Crippen LogP contribution is -2.35. The number of nitrogens with zero attached hydrogens (tertiary/aromatic N) is 4. The predicted molar refractivity (Wildman–Crippen MR) is 301 cm³/mol. The van der Waals surface area contributed by atoms with Crippen molar-refractivity contribution in [3.8, 4) is 23.3 Å². The number of hydrogen-bond acceptors (Lipinski definition) is 18. The normalized spacial score (nSPS) is 18.0. The van der Waals surface area contributed by atoms with E-state index in [0.29, 0.717) is 48.3 Å². The van der Waals surface area contributed by atoms with Gasteiger partial charge in [0.15, 0.2) is 0 Å². The lowest BCUT2D eigenvalue weighted by atomic mass is 9.86. The van der Waals surface area contributed by atoms with Crippen LogP contribution in [-0.2, 0) is 52.3 Å². The number of ether oxygens (including phenoxy) is 4. The molecule has 0 bridgehead atoms. The average molecular weight is 1250 g/mol. The number of nitrogens with one attached hydrogen (secondary N) is 3. The van der Waals surface area contributed by atoms with Crippen LogP contribution in [0.2, 0.25) is 0 Å². The van der Waals surface area contributed by atoms with E-state index in [1.165, 1.54) is 33.7 Å². The highest BCUT2D eigenvalue weighted by Gasteiger charge is 2.45. The molecule has 0 spiro atoms. The van der Waals surface area contributed by atoms with Gasteiger partial charge in [0, 0.05) is 71.7 Å². The Labute approximate surface area is 480 Å². The summed E-state index contributed by atoms with van der Waals surface area (Å²) in [7, 11) is -14.5. The number of aromatic carboxylic acids is 1. The number of aromatic amines is 1. The second kappa shape index (κ2) is 29.3. The van der Waals surface area contributed by atoms with E-state index in [9.17, 15) is 57.0 Å². The molecule has 0 radical (unpaired) electrons. The number of carbonyl (C=O) groups excluding carboxylic acids is 2. The highest BCUT2D eigenvalue weighted by molar-refractivity contribution is 8.76. The average Bonchev–Trinajstić information content (AvgIpc) is 3.93. The number of rotatable bonds is 28. The Morgan fingerprint density at radius 1 is 1.01 bits per heavy atom. The molecule has 2 amide bonds. The minimum atomic E-state index is -5.92. The molecule has 27 nitrogen and oxygen atoms in total. The molecule has 2 aliphatic heterocycles. The third-order valence-electron chi connectivity index (χ3n) is 12.1. The van der Waals surface area contributed by atoms with Gasteiger partial charge < -0.3 is 54.3 Å². The number of phosphoric acid groups is 3. The molecule has 0 saturated carbocycles. The van der Waals surface area contributed by atoms with E-state index in [1.807, 2.05) is 43.1 Å². The van der Waals surface area contributed by atoms with Crippen LogP contribution in [-0.4, -0.2) is 108 Å². The molecular weight excluding hydrogens is 1190 g/mol. The number of aryl methyl sites for hydroxylation is 3. The van der Waals surface area contributed by atoms with Gasteiger partial charge in [-0.1, -0.05) is 59.8 Å². The second-order valence-electron chi connectivity index (χ2n) is 18.5. The zero-order valence-electron chi connectivity index (χ0n) is 45.1. The number of carboxylic acid groups (broad SMARTS) is 1. The lowest BCUT2D eigenvalue weighted by molar-refractivity contribution is -0.178. The Balaban J connectivity index is 0.960. The maximum absolute atomic E-state index is 14.9. The number of fused-ring (bicyclic) bond motifs is 2. The number of phosphoric ester groups is 1. The minimum Gasteiger partial charge on any atom is -0.478 e. The minimum absolute atomic E-state index is 0.0417. The fourth-order valence-electron chi connectivity index (χ4n) is 8.59. The summed E-state index contributed by atoms with van der Waals surface area (Å²) in [5, 5.41) is 20.5. The highest BCUT2D eigenvalue weighted by Crippen LogP contribution is 2.66. The first-order chi connectivity index (χ1) is 39.1. The summed E-state index contributed by atoms with van der Waals surface area (Å²) in [6.45, 7) is 7.99. The van der Waals surface area contributed by atoms with Gasteiger partial charge in [0.1, 0.15) is 35.3 Å². The van der Waals surface area contributed by atoms with Crippen molar-refractivity contribution in [1.29, 1.82) is 0 Å². The summed E-state index contributed by atoms with van der Waals surface area (Å²) < 4.78 is 85.6. The maximum atomic E-state index is 14.9. The molecule has 6 rings (SSSR count). The van der Waals surface area contributed by atoms with Gasteiger partial charge in [0.25, 0.3) is 17.4 Å². The summed E-state index contributed by atoms with van der Waals surface area (Å²) >= 11 is 0. The molecule has 1 saturated heterocycles.